The zero-order chi connectivity index (χ0) is 12.1. The highest BCUT2D eigenvalue weighted by atomic mass is 32.2. The third-order valence-electron chi connectivity index (χ3n) is 1.56. The summed E-state index contributed by atoms with van der Waals surface area (Å²) in [6.07, 6.45) is 0. The number of aliphatic carboxylic acids is 1. The van der Waals surface area contributed by atoms with Crippen LogP contribution in [0.1, 0.15) is 12.7 Å². The highest BCUT2D eigenvalue weighted by Gasteiger charge is 2.19. The van der Waals surface area contributed by atoms with Gasteiger partial charge in [-0.2, -0.15) is 4.37 Å². The van der Waals surface area contributed by atoms with Crippen molar-refractivity contribution in [1.82, 2.24) is 14.7 Å². The molecule has 0 aliphatic rings. The SMILES string of the molecule is CC(=O)N[C@@H](CSc1nc(C)ns1)C(=O)O. The van der Waals surface area contributed by atoms with E-state index in [-0.39, 0.29) is 11.7 Å². The molecule has 0 spiro atoms. The van der Waals surface area contributed by atoms with Gasteiger partial charge in [0.2, 0.25) is 5.91 Å². The molecule has 1 aromatic rings. The maximum atomic E-state index is 10.8. The van der Waals surface area contributed by atoms with E-state index in [4.69, 9.17) is 5.11 Å². The van der Waals surface area contributed by atoms with Crippen LogP contribution in [-0.4, -0.2) is 38.1 Å². The first-order valence-electron chi connectivity index (χ1n) is 4.42. The van der Waals surface area contributed by atoms with Gasteiger partial charge in [-0.05, 0) is 18.5 Å². The van der Waals surface area contributed by atoms with Gasteiger partial charge >= 0.3 is 5.97 Å². The second kappa shape index (κ2) is 5.80. The maximum absolute atomic E-state index is 10.8. The molecule has 1 atom stereocenters. The van der Waals surface area contributed by atoms with Gasteiger partial charge in [0.15, 0.2) is 4.34 Å². The number of carbonyl (C=O) groups is 2. The monoisotopic (exact) mass is 261 g/mol. The van der Waals surface area contributed by atoms with E-state index in [2.05, 4.69) is 14.7 Å². The molecule has 0 aromatic carbocycles. The molecule has 1 heterocycles. The van der Waals surface area contributed by atoms with Crippen LogP contribution in [0.2, 0.25) is 0 Å². The smallest absolute Gasteiger partial charge is 0.327 e. The molecule has 0 radical (unpaired) electrons. The van der Waals surface area contributed by atoms with Gasteiger partial charge in [0, 0.05) is 12.7 Å². The summed E-state index contributed by atoms with van der Waals surface area (Å²) in [5, 5.41) is 11.2. The minimum Gasteiger partial charge on any atom is -0.480 e. The molecule has 0 saturated carbocycles. The van der Waals surface area contributed by atoms with Gasteiger partial charge in [-0.3, -0.25) is 4.79 Å². The first-order valence-corrected chi connectivity index (χ1v) is 6.18. The summed E-state index contributed by atoms with van der Waals surface area (Å²) in [5.74, 6) is -0.506. The van der Waals surface area contributed by atoms with Gasteiger partial charge in [-0.25, -0.2) is 9.78 Å². The van der Waals surface area contributed by atoms with E-state index in [0.29, 0.717) is 10.2 Å². The number of carboxylic acid groups (broad SMARTS) is 1. The number of hydrogen-bond donors (Lipinski definition) is 2. The Balaban J connectivity index is 2.50. The number of carboxylic acids is 1. The fourth-order valence-corrected chi connectivity index (χ4v) is 2.59. The Labute approximate surface area is 101 Å². The molecule has 0 unspecified atom stereocenters. The van der Waals surface area contributed by atoms with E-state index >= 15 is 0 Å². The van der Waals surface area contributed by atoms with Gasteiger partial charge in [-0.15, -0.1) is 0 Å². The van der Waals surface area contributed by atoms with Crippen LogP contribution in [0.5, 0.6) is 0 Å². The van der Waals surface area contributed by atoms with Crippen LogP contribution in [0.15, 0.2) is 4.34 Å². The lowest BCUT2D eigenvalue weighted by atomic mass is 10.3. The lowest BCUT2D eigenvalue weighted by Crippen LogP contribution is -2.41. The van der Waals surface area contributed by atoms with Crippen LogP contribution in [-0.2, 0) is 9.59 Å². The van der Waals surface area contributed by atoms with E-state index in [9.17, 15) is 9.59 Å². The van der Waals surface area contributed by atoms with E-state index in [1.54, 1.807) is 6.92 Å². The number of aromatic nitrogens is 2. The van der Waals surface area contributed by atoms with Crippen LogP contribution in [0.4, 0.5) is 0 Å². The van der Waals surface area contributed by atoms with Crippen molar-refractivity contribution in [2.45, 2.75) is 24.2 Å². The number of nitrogens with zero attached hydrogens (tertiary/aromatic N) is 2. The molecular formula is C8H11N3O3S2. The largest absolute Gasteiger partial charge is 0.480 e. The number of aryl methyl sites for hydroxylation is 1. The zero-order valence-corrected chi connectivity index (χ0v) is 10.4. The first kappa shape index (κ1) is 12.9. The molecule has 0 fully saturated rings. The standard InChI is InChI=1S/C8H11N3O3S2/c1-4-9-8(16-11-4)15-3-6(7(13)14)10-5(2)12/h6H,3H2,1-2H3,(H,10,12)(H,13,14)/t6-/m0/s1. The number of nitrogens with one attached hydrogen (secondary N) is 1. The van der Waals surface area contributed by atoms with Gasteiger partial charge in [0.05, 0.1) is 0 Å². The van der Waals surface area contributed by atoms with Gasteiger partial charge in [0.1, 0.15) is 11.9 Å². The quantitative estimate of drug-likeness (QED) is 0.751. The third-order valence-corrected chi connectivity index (χ3v) is 3.58. The number of rotatable bonds is 5. The topological polar surface area (TPSA) is 92.2 Å². The zero-order valence-electron chi connectivity index (χ0n) is 8.76. The second-order valence-electron chi connectivity index (χ2n) is 3.01. The Morgan fingerprint density at radius 3 is 2.75 bits per heavy atom. The molecule has 0 aliphatic heterocycles. The van der Waals surface area contributed by atoms with Crippen LogP contribution >= 0.6 is 23.3 Å². The predicted octanol–water partition coefficient (Wildman–Crippen LogP) is 0.528. The summed E-state index contributed by atoms with van der Waals surface area (Å²) in [5.41, 5.74) is 0. The Morgan fingerprint density at radius 1 is 1.62 bits per heavy atom. The first-order chi connectivity index (χ1) is 7.49. The average molecular weight is 261 g/mol. The Bertz CT molecular complexity index is 394. The molecule has 16 heavy (non-hydrogen) atoms. The highest BCUT2D eigenvalue weighted by molar-refractivity contribution is 8.01. The number of thioether (sulfide) groups is 1. The normalized spacial score (nSPS) is 12.1. The van der Waals surface area contributed by atoms with E-state index < -0.39 is 12.0 Å². The lowest BCUT2D eigenvalue weighted by molar-refractivity contribution is -0.140. The molecule has 0 saturated heterocycles. The number of hydrogen-bond acceptors (Lipinski definition) is 6. The van der Waals surface area contributed by atoms with Crippen molar-refractivity contribution in [3.63, 3.8) is 0 Å². The Morgan fingerprint density at radius 2 is 2.31 bits per heavy atom. The molecule has 0 bridgehead atoms. The van der Waals surface area contributed by atoms with Crippen molar-refractivity contribution in [2.75, 3.05) is 5.75 Å². The van der Waals surface area contributed by atoms with Crippen molar-refractivity contribution >= 4 is 35.2 Å². The Hall–Kier alpha value is -1.15. The molecule has 0 aliphatic carbocycles. The fourth-order valence-electron chi connectivity index (χ4n) is 0.911. The molecule has 1 amide bonds. The average Bonchev–Trinajstić information content (AvgIpc) is 2.58. The van der Waals surface area contributed by atoms with Crippen molar-refractivity contribution < 1.29 is 14.7 Å². The summed E-state index contributed by atoms with van der Waals surface area (Å²) < 4.78 is 4.68. The second-order valence-corrected chi connectivity index (χ2v) is 5.03. The lowest BCUT2D eigenvalue weighted by Gasteiger charge is -2.11. The van der Waals surface area contributed by atoms with Crippen molar-refractivity contribution in [1.29, 1.82) is 0 Å². The van der Waals surface area contributed by atoms with E-state index in [0.717, 1.165) is 0 Å². The summed E-state index contributed by atoms with van der Waals surface area (Å²) in [7, 11) is 0. The summed E-state index contributed by atoms with van der Waals surface area (Å²) in [6, 6.07) is -0.897. The summed E-state index contributed by atoms with van der Waals surface area (Å²) >= 11 is 2.49. The van der Waals surface area contributed by atoms with Crippen molar-refractivity contribution in [3.8, 4) is 0 Å². The summed E-state index contributed by atoms with van der Waals surface area (Å²) in [6.45, 7) is 3.05. The molecule has 1 rings (SSSR count). The van der Waals surface area contributed by atoms with Crippen LogP contribution < -0.4 is 5.32 Å². The molecule has 6 nitrogen and oxygen atoms in total. The van der Waals surface area contributed by atoms with Crippen molar-refractivity contribution in [3.05, 3.63) is 5.82 Å². The molecular weight excluding hydrogens is 250 g/mol. The van der Waals surface area contributed by atoms with Gasteiger partial charge in [0.25, 0.3) is 0 Å². The van der Waals surface area contributed by atoms with E-state index in [1.807, 2.05) is 0 Å². The fraction of sp³-hybridized carbons (Fsp3) is 0.500. The van der Waals surface area contributed by atoms with Crippen molar-refractivity contribution in [2.24, 2.45) is 0 Å². The maximum Gasteiger partial charge on any atom is 0.327 e. The highest BCUT2D eigenvalue weighted by Crippen LogP contribution is 2.20. The van der Waals surface area contributed by atoms with Crippen LogP contribution in [0.25, 0.3) is 0 Å². The number of carbonyl (C=O) groups excluding carboxylic acids is 1. The van der Waals surface area contributed by atoms with Crippen LogP contribution in [0.3, 0.4) is 0 Å². The number of amides is 1. The third kappa shape index (κ3) is 4.15. The summed E-state index contributed by atoms with van der Waals surface area (Å²) in [4.78, 5) is 25.7. The molecule has 1 aromatic heterocycles. The van der Waals surface area contributed by atoms with Crippen LogP contribution in [0, 0.1) is 6.92 Å². The van der Waals surface area contributed by atoms with Gasteiger partial charge in [-0.1, -0.05) is 11.8 Å². The minimum absolute atomic E-state index is 0.240. The Kier molecular flexibility index (Phi) is 4.69. The van der Waals surface area contributed by atoms with E-state index in [1.165, 1.54) is 30.2 Å². The predicted molar refractivity (Wildman–Crippen MR) is 60.6 cm³/mol. The molecule has 88 valence electrons. The minimum atomic E-state index is -1.05. The van der Waals surface area contributed by atoms with Gasteiger partial charge < -0.3 is 10.4 Å². The molecule has 8 heteroatoms. The molecule has 2 N–H and O–H groups in total.